The zero-order chi connectivity index (χ0) is 11.4. The van der Waals surface area contributed by atoms with Crippen LogP contribution in [0.5, 0.6) is 0 Å². The van der Waals surface area contributed by atoms with Crippen LogP contribution in [0.25, 0.3) is 0 Å². The fourth-order valence-electron chi connectivity index (χ4n) is 1.74. The van der Waals surface area contributed by atoms with Crippen LogP contribution in [0.3, 0.4) is 0 Å². The molecule has 0 atom stereocenters. The first-order valence-electron chi connectivity index (χ1n) is 4.91. The molecular formula is C11H23N3. The van der Waals surface area contributed by atoms with Crippen molar-refractivity contribution < 1.29 is 0 Å². The average molecular weight is 197 g/mol. The quantitative estimate of drug-likeness (QED) is 0.488. The van der Waals surface area contributed by atoms with E-state index in [1.54, 1.807) is 0 Å². The molecule has 0 aliphatic rings. The summed E-state index contributed by atoms with van der Waals surface area (Å²) >= 11 is 0. The first kappa shape index (κ1) is 13.4. The molecule has 0 saturated heterocycles. The molecule has 0 radical (unpaired) electrons. The molecule has 14 heavy (non-hydrogen) atoms. The Hall–Kier alpha value is -0.560. The lowest BCUT2D eigenvalue weighted by Gasteiger charge is -2.45. The van der Waals surface area contributed by atoms with Gasteiger partial charge in [-0.15, -0.1) is 0 Å². The van der Waals surface area contributed by atoms with E-state index in [9.17, 15) is 0 Å². The van der Waals surface area contributed by atoms with E-state index in [0.29, 0.717) is 0 Å². The Labute approximate surface area is 88.7 Å². The smallest absolute Gasteiger partial charge is 0.194 e. The molecule has 0 aromatic carbocycles. The molecule has 0 unspecified atom stereocenters. The second-order valence-electron chi connectivity index (χ2n) is 3.97. The molecule has 0 rings (SSSR count). The highest BCUT2D eigenvalue weighted by molar-refractivity contribution is 5.15. The summed E-state index contributed by atoms with van der Waals surface area (Å²) in [4.78, 5) is 6.36. The topological polar surface area (TPSA) is 9.72 Å². The number of hydrogen-bond donors (Lipinski definition) is 0. The minimum atomic E-state index is -0.310. The molecule has 0 saturated carbocycles. The number of rotatable bonds is 3. The second kappa shape index (κ2) is 5.35. The van der Waals surface area contributed by atoms with Crippen LogP contribution in [0.15, 0.2) is 0 Å². The minimum Gasteiger partial charge on any atom is -0.268 e. The van der Waals surface area contributed by atoms with Gasteiger partial charge in [0.25, 0.3) is 0 Å². The van der Waals surface area contributed by atoms with Gasteiger partial charge in [-0.05, 0) is 48.2 Å². The van der Waals surface area contributed by atoms with E-state index in [0.717, 1.165) is 6.42 Å². The van der Waals surface area contributed by atoms with Crippen molar-refractivity contribution in [1.29, 1.82) is 0 Å². The van der Waals surface area contributed by atoms with Crippen molar-refractivity contribution >= 4 is 0 Å². The molecule has 0 fully saturated rings. The normalized spacial score (nSPS) is 12.1. The Balaban J connectivity index is 5.16. The molecule has 0 aliphatic carbocycles. The van der Waals surface area contributed by atoms with Crippen LogP contribution in [0.4, 0.5) is 0 Å². The molecule has 0 aromatic heterocycles. The van der Waals surface area contributed by atoms with Gasteiger partial charge >= 0.3 is 0 Å². The summed E-state index contributed by atoms with van der Waals surface area (Å²) < 4.78 is 0. The number of hydrogen-bond acceptors (Lipinski definition) is 3. The summed E-state index contributed by atoms with van der Waals surface area (Å²) in [7, 11) is 12.3. The van der Waals surface area contributed by atoms with E-state index in [2.05, 4.69) is 33.5 Å². The van der Waals surface area contributed by atoms with Gasteiger partial charge in [0, 0.05) is 6.42 Å². The Morgan fingerprint density at radius 3 is 1.43 bits per heavy atom. The van der Waals surface area contributed by atoms with Crippen LogP contribution >= 0.6 is 0 Å². The standard InChI is InChI=1S/C11H23N3/c1-8-9-10-11(12(2)3,13(4)5)14(6)7/h8H2,1-7H3. The van der Waals surface area contributed by atoms with Gasteiger partial charge in [-0.2, -0.15) is 0 Å². The Morgan fingerprint density at radius 1 is 0.857 bits per heavy atom. The lowest BCUT2D eigenvalue weighted by Crippen LogP contribution is -2.63. The minimum absolute atomic E-state index is 0.310. The predicted molar refractivity (Wildman–Crippen MR) is 61.9 cm³/mol. The molecular weight excluding hydrogens is 174 g/mol. The van der Waals surface area contributed by atoms with E-state index < -0.39 is 0 Å². The summed E-state index contributed by atoms with van der Waals surface area (Å²) in [6.07, 6.45) is 0.886. The lowest BCUT2D eigenvalue weighted by molar-refractivity contribution is -0.0570. The first-order valence-corrected chi connectivity index (χ1v) is 4.91. The molecule has 3 heteroatoms. The summed E-state index contributed by atoms with van der Waals surface area (Å²) in [5, 5.41) is 0. The summed E-state index contributed by atoms with van der Waals surface area (Å²) in [6, 6.07) is 0. The van der Waals surface area contributed by atoms with Crippen molar-refractivity contribution in [2.75, 3.05) is 42.3 Å². The molecule has 82 valence electrons. The highest BCUT2D eigenvalue weighted by atomic mass is 15.5. The van der Waals surface area contributed by atoms with Crippen LogP contribution in [-0.2, 0) is 0 Å². The van der Waals surface area contributed by atoms with Crippen molar-refractivity contribution in [3.63, 3.8) is 0 Å². The SMILES string of the molecule is CCC#CC(N(C)C)(N(C)C)N(C)C. The van der Waals surface area contributed by atoms with Crippen molar-refractivity contribution in [1.82, 2.24) is 14.7 Å². The maximum atomic E-state index is 3.31. The third kappa shape index (κ3) is 2.48. The van der Waals surface area contributed by atoms with Gasteiger partial charge in [0.05, 0.1) is 0 Å². The van der Waals surface area contributed by atoms with Crippen molar-refractivity contribution in [2.45, 2.75) is 19.1 Å². The van der Waals surface area contributed by atoms with E-state index >= 15 is 0 Å². The monoisotopic (exact) mass is 197 g/mol. The van der Waals surface area contributed by atoms with Crippen molar-refractivity contribution in [3.05, 3.63) is 0 Å². The fraction of sp³-hybridized carbons (Fsp3) is 0.818. The van der Waals surface area contributed by atoms with Crippen molar-refractivity contribution in [3.8, 4) is 11.8 Å². The van der Waals surface area contributed by atoms with Gasteiger partial charge in [-0.3, -0.25) is 14.7 Å². The molecule has 0 spiro atoms. The second-order valence-corrected chi connectivity index (χ2v) is 3.97. The zero-order valence-corrected chi connectivity index (χ0v) is 10.5. The molecule has 3 nitrogen and oxygen atoms in total. The highest BCUT2D eigenvalue weighted by Crippen LogP contribution is 2.16. The van der Waals surface area contributed by atoms with Crippen LogP contribution < -0.4 is 0 Å². The lowest BCUT2D eigenvalue weighted by atomic mass is 10.2. The summed E-state index contributed by atoms with van der Waals surface area (Å²) in [5.41, 5.74) is 0. The molecule has 0 aliphatic heterocycles. The predicted octanol–water partition coefficient (Wildman–Crippen LogP) is 0.738. The van der Waals surface area contributed by atoms with Crippen LogP contribution in [-0.4, -0.2) is 62.8 Å². The Bertz CT molecular complexity index is 199. The Kier molecular flexibility index (Phi) is 5.14. The third-order valence-corrected chi connectivity index (χ3v) is 2.30. The maximum absolute atomic E-state index is 3.31. The van der Waals surface area contributed by atoms with E-state index in [1.165, 1.54) is 0 Å². The largest absolute Gasteiger partial charge is 0.268 e. The maximum Gasteiger partial charge on any atom is 0.194 e. The zero-order valence-electron chi connectivity index (χ0n) is 10.5. The average Bonchev–Trinajstić information content (AvgIpc) is 2.03. The fourth-order valence-corrected chi connectivity index (χ4v) is 1.74. The molecule has 0 heterocycles. The van der Waals surface area contributed by atoms with Gasteiger partial charge in [0.1, 0.15) is 0 Å². The van der Waals surface area contributed by atoms with Gasteiger partial charge in [0.2, 0.25) is 0 Å². The van der Waals surface area contributed by atoms with E-state index in [4.69, 9.17) is 0 Å². The van der Waals surface area contributed by atoms with Crippen LogP contribution in [0.2, 0.25) is 0 Å². The number of nitrogens with zero attached hydrogens (tertiary/aromatic N) is 3. The van der Waals surface area contributed by atoms with E-state index in [1.807, 2.05) is 42.3 Å². The van der Waals surface area contributed by atoms with E-state index in [-0.39, 0.29) is 5.79 Å². The van der Waals surface area contributed by atoms with Gasteiger partial charge in [0.15, 0.2) is 5.79 Å². The molecule has 0 bridgehead atoms. The third-order valence-electron chi connectivity index (χ3n) is 2.30. The summed E-state index contributed by atoms with van der Waals surface area (Å²) in [5.74, 6) is 6.16. The molecule has 0 N–H and O–H groups in total. The Morgan fingerprint density at radius 2 is 1.21 bits per heavy atom. The van der Waals surface area contributed by atoms with Crippen LogP contribution in [0, 0.1) is 11.8 Å². The molecule has 0 aromatic rings. The highest BCUT2D eigenvalue weighted by Gasteiger charge is 2.35. The van der Waals surface area contributed by atoms with Gasteiger partial charge in [-0.25, -0.2) is 0 Å². The van der Waals surface area contributed by atoms with Crippen molar-refractivity contribution in [2.24, 2.45) is 0 Å². The van der Waals surface area contributed by atoms with Gasteiger partial charge < -0.3 is 0 Å². The first-order chi connectivity index (χ1) is 6.39. The van der Waals surface area contributed by atoms with Gasteiger partial charge in [-0.1, -0.05) is 12.8 Å². The molecule has 0 amide bonds. The summed E-state index contributed by atoms with van der Waals surface area (Å²) in [6.45, 7) is 2.07. The van der Waals surface area contributed by atoms with Crippen LogP contribution in [0.1, 0.15) is 13.3 Å².